The molecule has 1 amide bonds. The zero-order chi connectivity index (χ0) is 20.7. The smallest absolute Gasteiger partial charge is 0.417 e. The highest BCUT2D eigenvalue weighted by atomic mass is 32.2. The summed E-state index contributed by atoms with van der Waals surface area (Å²) in [7, 11) is -3.36. The number of ether oxygens (including phenoxy) is 1. The summed E-state index contributed by atoms with van der Waals surface area (Å²) in [5.74, 6) is 0. The molecule has 10 nitrogen and oxygen atoms in total. The summed E-state index contributed by atoms with van der Waals surface area (Å²) in [4.78, 5) is 25.9. The van der Waals surface area contributed by atoms with Gasteiger partial charge in [0.25, 0.3) is 5.09 Å². The maximum absolute atomic E-state index is 12.6. The molecule has 2 heterocycles. The van der Waals surface area contributed by atoms with Crippen LogP contribution in [0.3, 0.4) is 0 Å². The summed E-state index contributed by atoms with van der Waals surface area (Å²) >= 11 is 2.14. The third-order valence-electron chi connectivity index (χ3n) is 4.09. The number of sulfone groups is 1. The topological polar surface area (TPSA) is 137 Å². The van der Waals surface area contributed by atoms with Gasteiger partial charge in [0.05, 0.1) is 22.7 Å². The van der Waals surface area contributed by atoms with Crippen molar-refractivity contribution in [3.05, 3.63) is 21.7 Å². The Morgan fingerprint density at radius 1 is 1.43 bits per heavy atom. The van der Waals surface area contributed by atoms with Gasteiger partial charge in [-0.3, -0.25) is 4.72 Å². The molecule has 28 heavy (non-hydrogen) atoms. The first-order valence-electron chi connectivity index (χ1n) is 8.73. The fourth-order valence-electron chi connectivity index (χ4n) is 2.72. The molecule has 0 aromatic carbocycles. The molecule has 1 aromatic rings. The SMILES string of the molecule is CCNC1CC(C)S(=O)(=O)c2sc(SNC(=O)OCCCCO[N+](=O)[O-])cc21. The first kappa shape index (κ1) is 22.7. The summed E-state index contributed by atoms with van der Waals surface area (Å²) < 4.78 is 33.7. The van der Waals surface area contributed by atoms with Crippen LogP contribution in [0.25, 0.3) is 0 Å². The van der Waals surface area contributed by atoms with Crippen LogP contribution in [0, 0.1) is 10.1 Å². The largest absolute Gasteiger partial charge is 0.449 e. The van der Waals surface area contributed by atoms with Gasteiger partial charge in [-0.05, 0) is 44.4 Å². The van der Waals surface area contributed by atoms with Crippen molar-refractivity contribution in [2.24, 2.45) is 0 Å². The van der Waals surface area contributed by atoms with Crippen LogP contribution in [0.5, 0.6) is 0 Å². The number of unbranched alkanes of at least 4 members (excludes halogenated alkanes) is 1. The van der Waals surface area contributed by atoms with Crippen LogP contribution in [0.1, 0.15) is 44.7 Å². The average Bonchev–Trinajstić information content (AvgIpc) is 3.06. The molecule has 2 unspecified atom stereocenters. The Morgan fingerprint density at radius 3 is 2.82 bits per heavy atom. The monoisotopic (exact) mass is 453 g/mol. The Morgan fingerprint density at radius 2 is 2.14 bits per heavy atom. The maximum Gasteiger partial charge on any atom is 0.417 e. The molecule has 0 spiro atoms. The van der Waals surface area contributed by atoms with E-state index in [4.69, 9.17) is 4.74 Å². The average molecular weight is 454 g/mol. The first-order chi connectivity index (χ1) is 13.3. The van der Waals surface area contributed by atoms with Crippen molar-refractivity contribution in [1.82, 2.24) is 10.0 Å². The lowest BCUT2D eigenvalue weighted by atomic mass is 10.1. The van der Waals surface area contributed by atoms with E-state index in [9.17, 15) is 23.3 Å². The van der Waals surface area contributed by atoms with E-state index in [1.165, 1.54) is 0 Å². The molecule has 0 radical (unpaired) electrons. The first-order valence-corrected chi connectivity index (χ1v) is 11.9. The molecule has 2 rings (SSSR count). The van der Waals surface area contributed by atoms with Crippen molar-refractivity contribution < 1.29 is 27.9 Å². The molecule has 0 saturated carbocycles. The van der Waals surface area contributed by atoms with Gasteiger partial charge in [-0.2, -0.15) is 0 Å². The minimum atomic E-state index is -3.36. The van der Waals surface area contributed by atoms with E-state index in [2.05, 4.69) is 14.9 Å². The third kappa shape index (κ3) is 5.96. The number of amides is 1. The number of rotatable bonds is 10. The predicted octanol–water partition coefficient (Wildman–Crippen LogP) is 2.69. The molecule has 0 fully saturated rings. The number of carbonyl (C=O) groups is 1. The lowest BCUT2D eigenvalue weighted by molar-refractivity contribution is -0.757. The van der Waals surface area contributed by atoms with Crippen molar-refractivity contribution in [3.8, 4) is 0 Å². The van der Waals surface area contributed by atoms with Gasteiger partial charge >= 0.3 is 6.09 Å². The molecule has 0 bridgehead atoms. The second-order valence-electron chi connectivity index (χ2n) is 6.11. The second kappa shape index (κ2) is 10.3. The fraction of sp³-hybridized carbons (Fsp3) is 0.667. The molecule has 158 valence electrons. The summed E-state index contributed by atoms with van der Waals surface area (Å²) in [5.41, 5.74) is 0.744. The van der Waals surface area contributed by atoms with E-state index in [0.717, 1.165) is 35.4 Å². The van der Waals surface area contributed by atoms with Gasteiger partial charge < -0.3 is 14.9 Å². The third-order valence-corrected chi connectivity index (χ3v) is 8.87. The Balaban J connectivity index is 1.86. The zero-order valence-corrected chi connectivity index (χ0v) is 18.0. The van der Waals surface area contributed by atoms with Crippen molar-refractivity contribution in [1.29, 1.82) is 0 Å². The van der Waals surface area contributed by atoms with E-state index in [1.54, 1.807) is 13.0 Å². The van der Waals surface area contributed by atoms with E-state index >= 15 is 0 Å². The molecule has 1 aliphatic rings. The van der Waals surface area contributed by atoms with E-state index in [-0.39, 0.29) is 19.3 Å². The van der Waals surface area contributed by atoms with Crippen LogP contribution >= 0.6 is 23.3 Å². The van der Waals surface area contributed by atoms with Gasteiger partial charge in [0, 0.05) is 18.0 Å². The summed E-state index contributed by atoms with van der Waals surface area (Å²) in [6, 6.07) is 1.76. The van der Waals surface area contributed by atoms with Crippen LogP contribution in [0.4, 0.5) is 4.79 Å². The molecule has 0 saturated heterocycles. The molecular formula is C15H23N3O7S3. The lowest BCUT2D eigenvalue weighted by Gasteiger charge is -2.27. The standard InChI is InChI=1S/C15H23N3O7S3/c1-3-16-12-8-10(2)28(22,23)14-11(12)9-13(26-14)27-17-15(19)24-6-4-5-7-25-18(20)21/h9-10,12,16H,3-8H2,1-2H3,(H,17,19). The van der Waals surface area contributed by atoms with Crippen LogP contribution in [-0.2, 0) is 19.4 Å². The summed E-state index contributed by atoms with van der Waals surface area (Å²) in [5, 5.41) is 12.0. The lowest BCUT2D eigenvalue weighted by Crippen LogP contribution is -2.33. The predicted molar refractivity (Wildman–Crippen MR) is 105 cm³/mol. The molecule has 2 atom stereocenters. The minimum Gasteiger partial charge on any atom is -0.449 e. The van der Waals surface area contributed by atoms with Crippen molar-refractivity contribution in [2.75, 3.05) is 19.8 Å². The number of fused-ring (bicyclic) bond motifs is 1. The van der Waals surface area contributed by atoms with Crippen molar-refractivity contribution in [3.63, 3.8) is 0 Å². The molecule has 2 N–H and O–H groups in total. The van der Waals surface area contributed by atoms with Crippen LogP contribution in [-0.4, -0.2) is 44.6 Å². The maximum atomic E-state index is 12.6. The van der Waals surface area contributed by atoms with Crippen molar-refractivity contribution in [2.45, 2.75) is 52.8 Å². The molecular weight excluding hydrogens is 430 g/mol. The number of hydrogen-bond acceptors (Lipinski definition) is 10. The van der Waals surface area contributed by atoms with Gasteiger partial charge in [0.1, 0.15) is 4.21 Å². The molecule has 1 aromatic heterocycles. The summed E-state index contributed by atoms with van der Waals surface area (Å²) in [6.07, 6.45) is 0.673. The molecule has 13 heteroatoms. The Bertz CT molecular complexity index is 797. The highest BCUT2D eigenvalue weighted by Gasteiger charge is 2.38. The van der Waals surface area contributed by atoms with E-state index in [0.29, 0.717) is 27.7 Å². The van der Waals surface area contributed by atoms with Gasteiger partial charge in [0.2, 0.25) is 0 Å². The number of hydrogen-bond donors (Lipinski definition) is 2. The number of nitrogens with zero attached hydrogens (tertiary/aromatic N) is 1. The summed E-state index contributed by atoms with van der Waals surface area (Å²) in [6.45, 7) is 4.46. The van der Waals surface area contributed by atoms with Gasteiger partial charge in [-0.1, -0.05) is 6.92 Å². The second-order valence-corrected chi connectivity index (χ2v) is 10.8. The van der Waals surface area contributed by atoms with Gasteiger partial charge in [-0.25, -0.2) is 13.2 Å². The van der Waals surface area contributed by atoms with Gasteiger partial charge in [0.15, 0.2) is 9.84 Å². The van der Waals surface area contributed by atoms with Gasteiger partial charge in [-0.15, -0.1) is 21.5 Å². The highest BCUT2D eigenvalue weighted by Crippen LogP contribution is 2.43. The number of thiophene rings is 1. The molecule has 1 aliphatic heterocycles. The highest BCUT2D eigenvalue weighted by molar-refractivity contribution is 8.00. The Kier molecular flexibility index (Phi) is 8.34. The molecule has 0 aliphatic carbocycles. The van der Waals surface area contributed by atoms with Crippen LogP contribution < -0.4 is 10.0 Å². The van der Waals surface area contributed by atoms with E-state index < -0.39 is 26.3 Å². The number of carbonyl (C=O) groups excluding carboxylic acids is 1. The normalized spacial score (nSPS) is 20.2. The number of nitrogens with one attached hydrogen (secondary N) is 2. The quantitative estimate of drug-likeness (QED) is 0.237. The van der Waals surface area contributed by atoms with Crippen molar-refractivity contribution >= 4 is 39.2 Å². The Hall–Kier alpha value is -1.57. The van der Waals surface area contributed by atoms with E-state index in [1.807, 2.05) is 6.92 Å². The van der Waals surface area contributed by atoms with Crippen LogP contribution in [0.2, 0.25) is 0 Å². The van der Waals surface area contributed by atoms with Crippen LogP contribution in [0.15, 0.2) is 14.5 Å². The zero-order valence-electron chi connectivity index (χ0n) is 15.5. The fourth-order valence-corrected chi connectivity index (χ4v) is 7.10. The Labute approximate surface area is 171 Å². The minimum absolute atomic E-state index is 0.0301.